The molecule has 0 radical (unpaired) electrons. The SMILES string of the molecule is CCN(CC)Cc1cc(OCc2ccc(C)cc2)nc2c1c(C)nn2C. The highest BCUT2D eigenvalue weighted by Crippen LogP contribution is 2.26. The first-order valence-electron chi connectivity index (χ1n) is 9.25. The molecule has 0 bridgehead atoms. The van der Waals surface area contributed by atoms with Crippen LogP contribution in [0.1, 0.15) is 36.2 Å². The van der Waals surface area contributed by atoms with Crippen molar-refractivity contribution in [3.63, 3.8) is 0 Å². The Morgan fingerprint density at radius 2 is 1.77 bits per heavy atom. The van der Waals surface area contributed by atoms with E-state index in [1.807, 2.05) is 18.7 Å². The van der Waals surface area contributed by atoms with Gasteiger partial charge in [0, 0.05) is 25.0 Å². The van der Waals surface area contributed by atoms with Gasteiger partial charge in [0.15, 0.2) is 5.65 Å². The van der Waals surface area contributed by atoms with Gasteiger partial charge in [-0.05, 0) is 38.1 Å². The molecule has 1 aromatic carbocycles. The van der Waals surface area contributed by atoms with Crippen LogP contribution in [0, 0.1) is 13.8 Å². The molecule has 0 aliphatic heterocycles. The van der Waals surface area contributed by atoms with Crippen molar-refractivity contribution >= 4 is 11.0 Å². The summed E-state index contributed by atoms with van der Waals surface area (Å²) in [6, 6.07) is 10.5. The average Bonchev–Trinajstić information content (AvgIpc) is 2.93. The lowest BCUT2D eigenvalue weighted by atomic mass is 10.1. The molecule has 0 unspecified atom stereocenters. The maximum atomic E-state index is 6.02. The highest BCUT2D eigenvalue weighted by Gasteiger charge is 2.16. The van der Waals surface area contributed by atoms with Crippen molar-refractivity contribution in [2.24, 2.45) is 7.05 Å². The van der Waals surface area contributed by atoms with Crippen molar-refractivity contribution < 1.29 is 4.74 Å². The first-order valence-corrected chi connectivity index (χ1v) is 9.25. The Balaban J connectivity index is 1.92. The molecule has 5 nitrogen and oxygen atoms in total. The highest BCUT2D eigenvalue weighted by atomic mass is 16.5. The fourth-order valence-corrected chi connectivity index (χ4v) is 3.24. The van der Waals surface area contributed by atoms with Crippen molar-refractivity contribution in [1.82, 2.24) is 19.7 Å². The summed E-state index contributed by atoms with van der Waals surface area (Å²) in [5, 5.41) is 5.70. The minimum atomic E-state index is 0.514. The molecule has 0 aliphatic rings. The second-order valence-corrected chi connectivity index (χ2v) is 6.76. The Bertz CT molecular complexity index is 879. The van der Waals surface area contributed by atoms with Crippen LogP contribution in [0.15, 0.2) is 30.3 Å². The van der Waals surface area contributed by atoms with E-state index in [-0.39, 0.29) is 0 Å². The zero-order valence-corrected chi connectivity index (χ0v) is 16.4. The molecule has 0 N–H and O–H groups in total. The van der Waals surface area contributed by atoms with Crippen LogP contribution in [0.4, 0.5) is 0 Å². The number of rotatable bonds is 7. The van der Waals surface area contributed by atoms with Crippen LogP contribution in [0.25, 0.3) is 11.0 Å². The molecule has 138 valence electrons. The maximum absolute atomic E-state index is 6.02. The standard InChI is InChI=1S/C21H28N4O/c1-6-25(7-2)13-18-12-19(22-21-20(18)16(4)23-24(21)5)26-14-17-10-8-15(3)9-11-17/h8-12H,6-7,13-14H2,1-5H3. The van der Waals surface area contributed by atoms with Crippen molar-refractivity contribution in [3.05, 3.63) is 52.7 Å². The van der Waals surface area contributed by atoms with E-state index in [9.17, 15) is 0 Å². The van der Waals surface area contributed by atoms with Crippen molar-refractivity contribution in [2.75, 3.05) is 13.1 Å². The summed E-state index contributed by atoms with van der Waals surface area (Å²) in [6.45, 7) is 11.9. The Labute approximate surface area is 155 Å². The first kappa shape index (κ1) is 18.4. The van der Waals surface area contributed by atoms with Crippen LogP contribution in [0.2, 0.25) is 0 Å². The smallest absolute Gasteiger partial charge is 0.215 e. The van der Waals surface area contributed by atoms with Gasteiger partial charge in [-0.1, -0.05) is 43.7 Å². The predicted octanol–water partition coefficient (Wildman–Crippen LogP) is 4.01. The third kappa shape index (κ3) is 3.88. The van der Waals surface area contributed by atoms with Crippen LogP contribution in [-0.2, 0) is 20.2 Å². The number of aryl methyl sites for hydroxylation is 3. The quantitative estimate of drug-likeness (QED) is 0.644. The van der Waals surface area contributed by atoms with Gasteiger partial charge < -0.3 is 4.74 Å². The Hall–Kier alpha value is -2.40. The lowest BCUT2D eigenvalue weighted by molar-refractivity contribution is 0.286. The lowest BCUT2D eigenvalue weighted by Crippen LogP contribution is -2.22. The van der Waals surface area contributed by atoms with E-state index in [4.69, 9.17) is 9.72 Å². The van der Waals surface area contributed by atoms with Crippen molar-refractivity contribution in [2.45, 2.75) is 40.8 Å². The van der Waals surface area contributed by atoms with Crippen LogP contribution in [0.5, 0.6) is 5.88 Å². The molecule has 3 aromatic rings. The third-order valence-corrected chi connectivity index (χ3v) is 4.82. The van der Waals surface area contributed by atoms with E-state index in [1.54, 1.807) is 0 Å². The first-order chi connectivity index (χ1) is 12.5. The van der Waals surface area contributed by atoms with Gasteiger partial charge in [0.05, 0.1) is 5.69 Å². The van der Waals surface area contributed by atoms with E-state index in [0.717, 1.165) is 41.9 Å². The van der Waals surface area contributed by atoms with Crippen LogP contribution >= 0.6 is 0 Å². The van der Waals surface area contributed by atoms with Crippen LogP contribution in [-0.4, -0.2) is 32.8 Å². The van der Waals surface area contributed by atoms with Gasteiger partial charge in [-0.15, -0.1) is 0 Å². The number of pyridine rings is 1. The largest absolute Gasteiger partial charge is 0.473 e. The second-order valence-electron chi connectivity index (χ2n) is 6.76. The Morgan fingerprint density at radius 1 is 1.08 bits per heavy atom. The fraction of sp³-hybridized carbons (Fsp3) is 0.429. The monoisotopic (exact) mass is 352 g/mol. The van der Waals surface area contributed by atoms with E-state index < -0.39 is 0 Å². The number of aromatic nitrogens is 3. The van der Waals surface area contributed by atoms with Crippen LogP contribution < -0.4 is 4.74 Å². The zero-order chi connectivity index (χ0) is 18.7. The Morgan fingerprint density at radius 3 is 2.42 bits per heavy atom. The molecule has 2 aromatic heterocycles. The molecule has 0 saturated carbocycles. The summed E-state index contributed by atoms with van der Waals surface area (Å²) in [6.07, 6.45) is 0. The van der Waals surface area contributed by atoms with Crippen LogP contribution in [0.3, 0.4) is 0 Å². The number of nitrogens with zero attached hydrogens (tertiary/aromatic N) is 4. The highest BCUT2D eigenvalue weighted by molar-refractivity contribution is 5.82. The molecule has 3 rings (SSSR count). The molecule has 0 spiro atoms. The molecule has 0 amide bonds. The van der Waals surface area contributed by atoms with E-state index in [0.29, 0.717) is 12.5 Å². The van der Waals surface area contributed by atoms with Gasteiger partial charge in [0.25, 0.3) is 0 Å². The number of hydrogen-bond donors (Lipinski definition) is 0. The van der Waals surface area contributed by atoms with Crippen molar-refractivity contribution in [3.8, 4) is 5.88 Å². The van der Waals surface area contributed by atoms with Gasteiger partial charge >= 0.3 is 0 Å². The van der Waals surface area contributed by atoms with E-state index in [1.165, 1.54) is 11.1 Å². The Kier molecular flexibility index (Phi) is 5.57. The van der Waals surface area contributed by atoms with Crippen molar-refractivity contribution in [1.29, 1.82) is 0 Å². The molecule has 0 aliphatic carbocycles. The third-order valence-electron chi connectivity index (χ3n) is 4.82. The van der Waals surface area contributed by atoms with E-state index >= 15 is 0 Å². The summed E-state index contributed by atoms with van der Waals surface area (Å²) in [4.78, 5) is 7.10. The molecule has 26 heavy (non-hydrogen) atoms. The molecule has 2 heterocycles. The minimum absolute atomic E-state index is 0.514. The summed E-state index contributed by atoms with van der Waals surface area (Å²) in [5.74, 6) is 0.656. The van der Waals surface area contributed by atoms with Gasteiger partial charge in [0.2, 0.25) is 5.88 Å². The molecule has 0 saturated heterocycles. The number of benzene rings is 1. The van der Waals surface area contributed by atoms with Gasteiger partial charge in [-0.2, -0.15) is 10.1 Å². The lowest BCUT2D eigenvalue weighted by Gasteiger charge is -2.19. The maximum Gasteiger partial charge on any atom is 0.215 e. The number of ether oxygens (including phenoxy) is 1. The summed E-state index contributed by atoms with van der Waals surface area (Å²) in [5.41, 5.74) is 5.51. The topological polar surface area (TPSA) is 43.2 Å². The predicted molar refractivity (Wildman–Crippen MR) is 105 cm³/mol. The minimum Gasteiger partial charge on any atom is -0.473 e. The van der Waals surface area contributed by atoms with E-state index in [2.05, 4.69) is 61.1 Å². The van der Waals surface area contributed by atoms with Gasteiger partial charge in [-0.25, -0.2) is 0 Å². The number of hydrogen-bond acceptors (Lipinski definition) is 4. The number of fused-ring (bicyclic) bond motifs is 1. The molecular formula is C21H28N4O. The fourth-order valence-electron chi connectivity index (χ4n) is 3.24. The van der Waals surface area contributed by atoms with Gasteiger partial charge in [0.1, 0.15) is 6.61 Å². The van der Waals surface area contributed by atoms with Gasteiger partial charge in [-0.3, -0.25) is 9.58 Å². The normalized spacial score (nSPS) is 11.5. The summed E-state index contributed by atoms with van der Waals surface area (Å²) >= 11 is 0. The molecule has 0 atom stereocenters. The average molecular weight is 352 g/mol. The summed E-state index contributed by atoms with van der Waals surface area (Å²) in [7, 11) is 1.94. The molecule has 0 fully saturated rings. The second kappa shape index (κ2) is 7.87. The zero-order valence-electron chi connectivity index (χ0n) is 16.4. The summed E-state index contributed by atoms with van der Waals surface area (Å²) < 4.78 is 7.87. The molecule has 5 heteroatoms. The molecular weight excluding hydrogens is 324 g/mol.